The summed E-state index contributed by atoms with van der Waals surface area (Å²) in [4.78, 5) is 24.6. The molecule has 0 saturated carbocycles. The third-order valence-electron chi connectivity index (χ3n) is 13.4. The summed E-state index contributed by atoms with van der Waals surface area (Å²) in [6, 6.07) is 0. The quantitative estimate of drug-likeness (QED) is 0.0373. The normalized spacial score (nSPS) is 13.5. The number of aliphatic hydroxyl groups is 1. The van der Waals surface area contributed by atoms with Crippen molar-refractivity contribution in [2.45, 2.75) is 264 Å². The van der Waals surface area contributed by atoms with Crippen molar-refractivity contribution in [2.24, 2.45) is 0 Å². The van der Waals surface area contributed by atoms with E-state index >= 15 is 0 Å². The van der Waals surface area contributed by atoms with Crippen molar-refractivity contribution in [1.82, 2.24) is 0 Å². The number of unbranched alkanes of at least 4 members (excludes halogenated alkanes) is 18. The first-order chi connectivity index (χ1) is 40.6. The van der Waals surface area contributed by atoms with Gasteiger partial charge < -0.3 is 14.6 Å². The van der Waals surface area contributed by atoms with E-state index in [0.29, 0.717) is 12.8 Å². The first kappa shape index (κ1) is 76.7. The van der Waals surface area contributed by atoms with Gasteiger partial charge in [-0.25, -0.2) is 0 Å². The minimum Gasteiger partial charge on any atom is -0.462 e. The summed E-state index contributed by atoms with van der Waals surface area (Å²) in [6.45, 7) is 3.89. The molecule has 0 saturated heterocycles. The van der Waals surface area contributed by atoms with Gasteiger partial charge in [0.05, 0.1) is 6.61 Å². The molecule has 82 heavy (non-hydrogen) atoms. The maximum Gasteiger partial charge on any atom is 0.306 e. The van der Waals surface area contributed by atoms with Crippen LogP contribution in [0.1, 0.15) is 258 Å². The highest BCUT2D eigenvalue weighted by Gasteiger charge is 2.16. The second-order valence-electron chi connectivity index (χ2n) is 21.1. The van der Waals surface area contributed by atoms with Crippen LogP contribution < -0.4 is 0 Å². The summed E-state index contributed by atoms with van der Waals surface area (Å²) < 4.78 is 10.7. The Balaban J connectivity index is 3.60. The zero-order valence-corrected chi connectivity index (χ0v) is 52.4. The van der Waals surface area contributed by atoms with Gasteiger partial charge in [-0.15, -0.1) is 0 Å². The number of rotatable bonds is 58. The first-order valence-corrected chi connectivity index (χ1v) is 33.0. The predicted molar refractivity (Wildman–Crippen MR) is 361 cm³/mol. The molecule has 1 N–H and O–H groups in total. The highest BCUT2D eigenvalue weighted by Crippen LogP contribution is 2.15. The fraction of sp³-hybridized carbons (Fsp3) is 0.558. The molecule has 0 radical (unpaired) electrons. The Morgan fingerprint density at radius 3 is 0.732 bits per heavy atom. The molecule has 0 rings (SSSR count). The smallest absolute Gasteiger partial charge is 0.306 e. The van der Waals surface area contributed by atoms with Gasteiger partial charge in [-0.1, -0.05) is 298 Å². The molecule has 0 spiro atoms. The lowest BCUT2D eigenvalue weighted by Crippen LogP contribution is -2.28. The highest BCUT2D eigenvalue weighted by atomic mass is 16.6. The van der Waals surface area contributed by atoms with Crippen LogP contribution in [0.3, 0.4) is 0 Å². The lowest BCUT2D eigenvalue weighted by Gasteiger charge is -2.15. The van der Waals surface area contributed by atoms with Gasteiger partial charge in [0.15, 0.2) is 6.10 Å². The van der Waals surface area contributed by atoms with E-state index in [0.717, 1.165) is 161 Å². The molecule has 1 unspecified atom stereocenters. The maximum absolute atomic E-state index is 12.4. The lowest BCUT2D eigenvalue weighted by atomic mass is 10.0. The highest BCUT2D eigenvalue weighted by molar-refractivity contribution is 5.70. The Labute approximate surface area is 505 Å². The average Bonchev–Trinajstić information content (AvgIpc) is 3.49. The SMILES string of the molecule is CC/C=C\C/C=C\C/C=C\C/C=C\C/C=C\C/C=C\C/C=C\C/C=C\C/C=C\CCCCCCCCCCCCCCCC(=O)OC(CO)COC(=O)CCCCCCC/C=C\C/C=C\C/C=C\C/C=C\C/C=C\C/C=C\C/C=C\CC. The van der Waals surface area contributed by atoms with Crippen LogP contribution in [0.25, 0.3) is 0 Å². The molecule has 0 fully saturated rings. The van der Waals surface area contributed by atoms with Crippen LogP contribution in [-0.2, 0) is 19.1 Å². The van der Waals surface area contributed by atoms with Crippen LogP contribution in [0.5, 0.6) is 0 Å². The Hall–Kier alpha value is -5.26. The van der Waals surface area contributed by atoms with Gasteiger partial charge in [0.2, 0.25) is 0 Å². The van der Waals surface area contributed by atoms with Gasteiger partial charge in [-0.2, -0.15) is 0 Å². The van der Waals surface area contributed by atoms with E-state index in [2.05, 4.69) is 208 Å². The number of aliphatic hydroxyl groups excluding tert-OH is 1. The Morgan fingerprint density at radius 1 is 0.280 bits per heavy atom. The number of allylic oxidation sites excluding steroid dienone is 32. The van der Waals surface area contributed by atoms with Gasteiger partial charge in [0, 0.05) is 12.8 Å². The van der Waals surface area contributed by atoms with Crippen molar-refractivity contribution >= 4 is 11.9 Å². The molecule has 0 aromatic heterocycles. The van der Waals surface area contributed by atoms with Crippen molar-refractivity contribution in [3.63, 3.8) is 0 Å². The van der Waals surface area contributed by atoms with Gasteiger partial charge in [-0.3, -0.25) is 9.59 Å². The summed E-state index contributed by atoms with van der Waals surface area (Å²) >= 11 is 0. The molecule has 0 aromatic rings. The Morgan fingerprint density at radius 2 is 0.488 bits per heavy atom. The minimum atomic E-state index is -0.797. The number of hydrogen-bond donors (Lipinski definition) is 1. The van der Waals surface area contributed by atoms with Crippen LogP contribution in [0, 0.1) is 0 Å². The first-order valence-electron chi connectivity index (χ1n) is 33.0. The Kier molecular flexibility index (Phi) is 65.5. The van der Waals surface area contributed by atoms with Gasteiger partial charge in [0.1, 0.15) is 6.61 Å². The second-order valence-corrected chi connectivity index (χ2v) is 21.1. The van der Waals surface area contributed by atoms with Crippen LogP contribution in [0.2, 0.25) is 0 Å². The molecular formula is C77H120O5. The summed E-state index contributed by atoms with van der Waals surface area (Å²) in [5.74, 6) is -0.624. The summed E-state index contributed by atoms with van der Waals surface area (Å²) in [6.07, 6.45) is 111. The van der Waals surface area contributed by atoms with Crippen molar-refractivity contribution in [2.75, 3.05) is 13.2 Å². The van der Waals surface area contributed by atoms with Crippen molar-refractivity contribution in [3.8, 4) is 0 Å². The van der Waals surface area contributed by atoms with Gasteiger partial charge in [0.25, 0.3) is 0 Å². The topological polar surface area (TPSA) is 72.8 Å². The molecule has 0 aliphatic rings. The molecule has 0 amide bonds. The average molecular weight is 1130 g/mol. The number of carbonyl (C=O) groups excluding carboxylic acids is 2. The standard InChI is InChI=1S/C77H120O5/c1-3-5-7-9-11-13-15-17-19-21-23-25-27-29-31-32-33-34-35-36-37-38-39-40-41-42-43-44-46-48-50-52-54-56-58-60-62-64-66-68-70-72-77(80)82-75(73-78)74-81-76(79)71-69-67-65-63-61-59-57-55-53-51-49-47-45-30-28-26-24-22-20-18-16-14-12-10-8-6-4-2/h5-8,11-14,17-20,23-26,29-31,33-34,36-37,39-40,42-43,45,49,51,55,57,75,78H,3-4,9-10,15-16,21-22,27-28,32,35,38,41,44,46-48,50,52-54,56,58-74H2,1-2H3/b7-5-,8-6-,13-11-,14-12-,19-17-,20-18-,25-23-,26-24-,31-29-,34-33-,37-36-,40-39-,43-42-,45-30-,51-49-,57-55-. The molecule has 5 nitrogen and oxygen atoms in total. The monoisotopic (exact) mass is 1120 g/mol. The van der Waals surface area contributed by atoms with Gasteiger partial charge in [-0.05, 0) is 141 Å². The molecule has 1 atom stereocenters. The summed E-state index contributed by atoms with van der Waals surface area (Å²) in [5, 5.41) is 9.69. The predicted octanol–water partition coefficient (Wildman–Crippen LogP) is 23.2. The van der Waals surface area contributed by atoms with Crippen LogP contribution in [-0.4, -0.2) is 36.4 Å². The summed E-state index contributed by atoms with van der Waals surface area (Å²) in [7, 11) is 0. The molecule has 0 bridgehead atoms. The van der Waals surface area contributed by atoms with Crippen LogP contribution in [0.15, 0.2) is 194 Å². The molecular weight excluding hydrogens is 1000 g/mol. The van der Waals surface area contributed by atoms with Crippen molar-refractivity contribution < 1.29 is 24.2 Å². The van der Waals surface area contributed by atoms with Gasteiger partial charge >= 0.3 is 11.9 Å². The van der Waals surface area contributed by atoms with Crippen molar-refractivity contribution in [3.05, 3.63) is 194 Å². The molecule has 5 heteroatoms. The summed E-state index contributed by atoms with van der Waals surface area (Å²) in [5.41, 5.74) is 0. The minimum absolute atomic E-state index is 0.0879. The largest absolute Gasteiger partial charge is 0.462 e. The molecule has 458 valence electrons. The van der Waals surface area contributed by atoms with E-state index in [1.165, 1.54) is 70.6 Å². The van der Waals surface area contributed by atoms with E-state index in [4.69, 9.17) is 9.47 Å². The van der Waals surface area contributed by atoms with Crippen LogP contribution in [0.4, 0.5) is 0 Å². The van der Waals surface area contributed by atoms with E-state index in [9.17, 15) is 14.7 Å². The molecule has 0 aliphatic heterocycles. The van der Waals surface area contributed by atoms with E-state index in [1.807, 2.05) is 0 Å². The van der Waals surface area contributed by atoms with Crippen molar-refractivity contribution in [1.29, 1.82) is 0 Å². The zero-order chi connectivity index (χ0) is 59.1. The fourth-order valence-corrected chi connectivity index (χ4v) is 8.53. The van der Waals surface area contributed by atoms with Crippen LogP contribution >= 0.6 is 0 Å². The number of esters is 2. The van der Waals surface area contributed by atoms with E-state index in [-0.39, 0.29) is 25.2 Å². The molecule has 0 heterocycles. The number of ether oxygens (including phenoxy) is 2. The zero-order valence-electron chi connectivity index (χ0n) is 52.4. The molecule has 0 aromatic carbocycles. The number of carbonyl (C=O) groups is 2. The van der Waals surface area contributed by atoms with E-state index in [1.54, 1.807) is 0 Å². The third-order valence-corrected chi connectivity index (χ3v) is 13.4. The maximum atomic E-state index is 12.4. The molecule has 0 aliphatic carbocycles. The lowest BCUT2D eigenvalue weighted by molar-refractivity contribution is -0.161. The number of hydrogen-bond acceptors (Lipinski definition) is 5. The second kappa shape index (κ2) is 70.0. The third kappa shape index (κ3) is 67.2. The fourth-order valence-electron chi connectivity index (χ4n) is 8.53. The Bertz CT molecular complexity index is 1900. The van der Waals surface area contributed by atoms with E-state index < -0.39 is 6.10 Å².